The minimum atomic E-state index is 0.249. The molecule has 3 rings (SSSR count). The first-order chi connectivity index (χ1) is 9.22. The SMILES string of the molecule is Cc1nc(CNC(C)c2nc3ccccc3s2)cs1. The molecule has 1 atom stereocenters. The average Bonchev–Trinajstić information content (AvgIpc) is 3.01. The van der Waals surface area contributed by atoms with E-state index in [-0.39, 0.29) is 6.04 Å². The number of aromatic nitrogens is 2. The molecule has 0 saturated carbocycles. The Morgan fingerprint density at radius 2 is 2.11 bits per heavy atom. The molecule has 98 valence electrons. The molecule has 0 aliphatic rings. The van der Waals surface area contributed by atoms with Gasteiger partial charge in [-0.3, -0.25) is 0 Å². The maximum Gasteiger partial charge on any atom is 0.111 e. The standard InChI is InChI=1S/C14H15N3S2/c1-9(15-7-11-8-18-10(2)16-11)14-17-12-5-3-4-6-13(12)19-14/h3-6,8-9,15H,7H2,1-2H3. The largest absolute Gasteiger partial charge is 0.302 e. The first-order valence-electron chi connectivity index (χ1n) is 6.22. The van der Waals surface area contributed by atoms with E-state index >= 15 is 0 Å². The maximum atomic E-state index is 4.67. The van der Waals surface area contributed by atoms with Crippen LogP contribution >= 0.6 is 22.7 Å². The lowest BCUT2D eigenvalue weighted by molar-refractivity contribution is 0.567. The number of nitrogens with one attached hydrogen (secondary N) is 1. The molecule has 0 radical (unpaired) electrons. The zero-order chi connectivity index (χ0) is 13.2. The molecule has 5 heteroatoms. The van der Waals surface area contributed by atoms with E-state index in [2.05, 4.69) is 45.8 Å². The van der Waals surface area contributed by atoms with Crippen LogP contribution in [0.15, 0.2) is 29.6 Å². The number of fused-ring (bicyclic) bond motifs is 1. The van der Waals surface area contributed by atoms with Crippen LogP contribution in [-0.4, -0.2) is 9.97 Å². The van der Waals surface area contributed by atoms with Gasteiger partial charge in [0, 0.05) is 11.9 Å². The molecule has 3 nitrogen and oxygen atoms in total. The van der Waals surface area contributed by atoms with E-state index in [1.54, 1.807) is 22.7 Å². The predicted octanol–water partition coefficient (Wildman–Crippen LogP) is 3.91. The van der Waals surface area contributed by atoms with Crippen LogP contribution < -0.4 is 5.32 Å². The highest BCUT2D eigenvalue weighted by Gasteiger charge is 2.11. The lowest BCUT2D eigenvalue weighted by atomic mass is 10.3. The summed E-state index contributed by atoms with van der Waals surface area (Å²) in [6, 6.07) is 8.51. The summed E-state index contributed by atoms with van der Waals surface area (Å²) in [5.41, 5.74) is 2.19. The van der Waals surface area contributed by atoms with Crippen LogP contribution in [0.25, 0.3) is 10.2 Å². The second-order valence-corrected chi connectivity index (χ2v) is 6.60. The number of rotatable bonds is 4. The Bertz CT molecular complexity index is 654. The van der Waals surface area contributed by atoms with Crippen molar-refractivity contribution in [2.75, 3.05) is 0 Å². The zero-order valence-corrected chi connectivity index (χ0v) is 12.5. The third kappa shape index (κ3) is 2.83. The Balaban J connectivity index is 1.71. The van der Waals surface area contributed by atoms with Gasteiger partial charge < -0.3 is 5.32 Å². The van der Waals surface area contributed by atoms with E-state index < -0.39 is 0 Å². The highest BCUT2D eigenvalue weighted by Crippen LogP contribution is 2.26. The Kier molecular flexibility index (Phi) is 3.59. The minimum absolute atomic E-state index is 0.249. The van der Waals surface area contributed by atoms with E-state index in [9.17, 15) is 0 Å². The highest BCUT2D eigenvalue weighted by molar-refractivity contribution is 7.18. The fourth-order valence-electron chi connectivity index (χ4n) is 1.91. The molecule has 0 bridgehead atoms. The van der Waals surface area contributed by atoms with Gasteiger partial charge in [-0.15, -0.1) is 22.7 Å². The molecule has 2 aromatic heterocycles. The predicted molar refractivity (Wildman–Crippen MR) is 81.7 cm³/mol. The molecule has 19 heavy (non-hydrogen) atoms. The normalized spacial score (nSPS) is 12.9. The van der Waals surface area contributed by atoms with Crippen molar-refractivity contribution in [3.8, 4) is 0 Å². The molecule has 1 N–H and O–H groups in total. The van der Waals surface area contributed by atoms with E-state index in [1.165, 1.54) is 4.70 Å². The van der Waals surface area contributed by atoms with Crippen LogP contribution in [0.3, 0.4) is 0 Å². The van der Waals surface area contributed by atoms with Crippen LogP contribution in [0.2, 0.25) is 0 Å². The fraction of sp³-hybridized carbons (Fsp3) is 0.286. The summed E-state index contributed by atoms with van der Waals surface area (Å²) >= 11 is 3.45. The monoisotopic (exact) mass is 289 g/mol. The Morgan fingerprint density at radius 1 is 1.26 bits per heavy atom. The number of aryl methyl sites for hydroxylation is 1. The summed E-state index contributed by atoms with van der Waals surface area (Å²) in [6.07, 6.45) is 0. The summed E-state index contributed by atoms with van der Waals surface area (Å²) in [6.45, 7) is 4.98. The van der Waals surface area contributed by atoms with Crippen molar-refractivity contribution in [3.63, 3.8) is 0 Å². The lowest BCUT2D eigenvalue weighted by Gasteiger charge is -2.09. The lowest BCUT2D eigenvalue weighted by Crippen LogP contribution is -2.18. The molecule has 2 heterocycles. The van der Waals surface area contributed by atoms with Gasteiger partial charge in [0.05, 0.1) is 27.0 Å². The van der Waals surface area contributed by atoms with Crippen molar-refractivity contribution in [1.82, 2.24) is 15.3 Å². The molecular formula is C14H15N3S2. The van der Waals surface area contributed by atoms with E-state index in [0.717, 1.165) is 27.8 Å². The van der Waals surface area contributed by atoms with Crippen molar-refractivity contribution >= 4 is 32.9 Å². The molecule has 0 spiro atoms. The summed E-state index contributed by atoms with van der Waals surface area (Å²) < 4.78 is 1.25. The van der Waals surface area contributed by atoms with Crippen LogP contribution in [0.1, 0.15) is 28.7 Å². The molecule has 1 aromatic carbocycles. The molecule has 0 fully saturated rings. The second-order valence-electron chi connectivity index (χ2n) is 4.48. The third-order valence-electron chi connectivity index (χ3n) is 2.94. The maximum absolute atomic E-state index is 4.67. The van der Waals surface area contributed by atoms with Crippen molar-refractivity contribution in [1.29, 1.82) is 0 Å². The van der Waals surface area contributed by atoms with Crippen LogP contribution in [0.5, 0.6) is 0 Å². The zero-order valence-electron chi connectivity index (χ0n) is 10.9. The van der Waals surface area contributed by atoms with Gasteiger partial charge in [0.15, 0.2) is 0 Å². The van der Waals surface area contributed by atoms with Crippen molar-refractivity contribution in [2.45, 2.75) is 26.4 Å². The Hall–Kier alpha value is -1.30. The number of para-hydroxylation sites is 1. The minimum Gasteiger partial charge on any atom is -0.302 e. The number of thiazole rings is 2. The van der Waals surface area contributed by atoms with Gasteiger partial charge in [0.1, 0.15) is 5.01 Å². The Morgan fingerprint density at radius 3 is 2.84 bits per heavy atom. The summed E-state index contributed by atoms with van der Waals surface area (Å²) in [5, 5.41) is 7.83. The third-order valence-corrected chi connectivity index (χ3v) is 4.98. The summed E-state index contributed by atoms with van der Waals surface area (Å²) in [4.78, 5) is 9.13. The first-order valence-corrected chi connectivity index (χ1v) is 7.92. The highest BCUT2D eigenvalue weighted by atomic mass is 32.1. The molecule has 1 unspecified atom stereocenters. The Labute approximate surface area is 120 Å². The van der Waals surface area contributed by atoms with Crippen molar-refractivity contribution in [2.24, 2.45) is 0 Å². The van der Waals surface area contributed by atoms with Gasteiger partial charge in [-0.1, -0.05) is 12.1 Å². The second kappa shape index (κ2) is 5.36. The van der Waals surface area contributed by atoms with Gasteiger partial charge in [0.25, 0.3) is 0 Å². The van der Waals surface area contributed by atoms with Crippen LogP contribution in [0, 0.1) is 6.92 Å². The number of hydrogen-bond donors (Lipinski definition) is 1. The van der Waals surface area contributed by atoms with Gasteiger partial charge >= 0.3 is 0 Å². The molecule has 0 amide bonds. The quantitative estimate of drug-likeness (QED) is 0.791. The molecule has 0 aliphatic carbocycles. The smallest absolute Gasteiger partial charge is 0.111 e. The van der Waals surface area contributed by atoms with Crippen molar-refractivity contribution in [3.05, 3.63) is 45.4 Å². The van der Waals surface area contributed by atoms with Gasteiger partial charge in [-0.05, 0) is 26.0 Å². The van der Waals surface area contributed by atoms with E-state index in [4.69, 9.17) is 0 Å². The topological polar surface area (TPSA) is 37.8 Å². The van der Waals surface area contributed by atoms with E-state index in [0.29, 0.717) is 0 Å². The summed E-state index contributed by atoms with van der Waals surface area (Å²) in [7, 11) is 0. The fourth-order valence-corrected chi connectivity index (χ4v) is 3.52. The van der Waals surface area contributed by atoms with E-state index in [1.807, 2.05) is 13.0 Å². The van der Waals surface area contributed by atoms with Crippen molar-refractivity contribution < 1.29 is 0 Å². The molecule has 0 saturated heterocycles. The molecule has 3 aromatic rings. The van der Waals surface area contributed by atoms with Gasteiger partial charge in [-0.2, -0.15) is 0 Å². The first kappa shape index (κ1) is 12.7. The van der Waals surface area contributed by atoms with Gasteiger partial charge in [-0.25, -0.2) is 9.97 Å². The molecule has 0 aliphatic heterocycles. The number of benzene rings is 1. The summed E-state index contributed by atoms with van der Waals surface area (Å²) in [5.74, 6) is 0. The van der Waals surface area contributed by atoms with Crippen LogP contribution in [0.4, 0.5) is 0 Å². The molecular weight excluding hydrogens is 274 g/mol. The number of hydrogen-bond acceptors (Lipinski definition) is 5. The van der Waals surface area contributed by atoms with Crippen LogP contribution in [-0.2, 0) is 6.54 Å². The average molecular weight is 289 g/mol. The number of nitrogens with zero attached hydrogens (tertiary/aromatic N) is 2. The van der Waals surface area contributed by atoms with Gasteiger partial charge in [0.2, 0.25) is 0 Å².